The van der Waals surface area contributed by atoms with Crippen molar-refractivity contribution >= 4 is 11.6 Å². The summed E-state index contributed by atoms with van der Waals surface area (Å²) in [5, 5.41) is 0. The van der Waals surface area contributed by atoms with Gasteiger partial charge in [0.05, 0.1) is 6.26 Å². The van der Waals surface area contributed by atoms with Crippen LogP contribution in [-0.4, -0.2) is 11.6 Å². The molecule has 0 saturated carbocycles. The molecule has 0 radical (unpaired) electrons. The number of carbonyl (C=O) groups is 2. The van der Waals surface area contributed by atoms with Crippen LogP contribution in [0.3, 0.4) is 0 Å². The molecular formula is C15H9FO3. The maximum atomic E-state index is 12.7. The first-order chi connectivity index (χ1) is 9.08. The van der Waals surface area contributed by atoms with Gasteiger partial charge in [0.2, 0.25) is 0 Å². The largest absolute Gasteiger partial charge is 0.460 e. The second-order valence-electron chi connectivity index (χ2n) is 3.85. The van der Waals surface area contributed by atoms with Gasteiger partial charge < -0.3 is 4.42 Å². The van der Waals surface area contributed by atoms with Gasteiger partial charge in [-0.15, -0.1) is 0 Å². The SMILES string of the molecule is Cc1ccoc1C(=O)C(=O)C#Cc1ccc(F)cc1. The highest BCUT2D eigenvalue weighted by molar-refractivity contribution is 6.49. The molecule has 3 nitrogen and oxygen atoms in total. The molecule has 0 aliphatic carbocycles. The molecule has 1 aromatic heterocycles. The van der Waals surface area contributed by atoms with Crippen LogP contribution in [0.2, 0.25) is 0 Å². The van der Waals surface area contributed by atoms with Gasteiger partial charge in [0.25, 0.3) is 11.6 Å². The van der Waals surface area contributed by atoms with Crippen molar-refractivity contribution in [3.8, 4) is 11.8 Å². The Morgan fingerprint density at radius 1 is 1.16 bits per heavy atom. The molecule has 0 spiro atoms. The Hall–Kier alpha value is -2.67. The average molecular weight is 256 g/mol. The summed E-state index contributed by atoms with van der Waals surface area (Å²) < 4.78 is 17.6. The number of hydrogen-bond donors (Lipinski definition) is 0. The molecule has 4 heteroatoms. The van der Waals surface area contributed by atoms with E-state index in [2.05, 4.69) is 11.8 Å². The molecule has 94 valence electrons. The zero-order chi connectivity index (χ0) is 13.8. The molecule has 0 fully saturated rings. The van der Waals surface area contributed by atoms with Gasteiger partial charge in [-0.1, -0.05) is 5.92 Å². The van der Waals surface area contributed by atoms with E-state index in [0.29, 0.717) is 11.1 Å². The van der Waals surface area contributed by atoms with Gasteiger partial charge in [-0.25, -0.2) is 4.39 Å². The fourth-order valence-electron chi connectivity index (χ4n) is 1.43. The van der Waals surface area contributed by atoms with Crippen LogP contribution in [0, 0.1) is 24.6 Å². The Morgan fingerprint density at radius 2 is 1.84 bits per heavy atom. The molecule has 0 bridgehead atoms. The molecule has 0 N–H and O–H groups in total. The fourth-order valence-corrected chi connectivity index (χ4v) is 1.43. The van der Waals surface area contributed by atoms with E-state index < -0.39 is 11.6 Å². The highest BCUT2D eigenvalue weighted by Gasteiger charge is 2.19. The highest BCUT2D eigenvalue weighted by atomic mass is 19.1. The zero-order valence-corrected chi connectivity index (χ0v) is 10.1. The molecular weight excluding hydrogens is 247 g/mol. The third-order valence-electron chi connectivity index (χ3n) is 2.44. The number of furan rings is 1. The Kier molecular flexibility index (Phi) is 3.58. The van der Waals surface area contributed by atoms with Gasteiger partial charge in [0.1, 0.15) is 5.82 Å². The summed E-state index contributed by atoms with van der Waals surface area (Å²) in [7, 11) is 0. The van der Waals surface area contributed by atoms with Gasteiger partial charge in [-0.3, -0.25) is 9.59 Å². The van der Waals surface area contributed by atoms with Crippen molar-refractivity contribution in [2.75, 3.05) is 0 Å². The summed E-state index contributed by atoms with van der Waals surface area (Å²) in [6.45, 7) is 1.66. The Balaban J connectivity index is 2.16. The molecule has 0 unspecified atom stereocenters. The predicted octanol–water partition coefficient (Wildman–Crippen LogP) is 2.53. The molecule has 0 saturated heterocycles. The Labute approximate surface area is 109 Å². The van der Waals surface area contributed by atoms with Gasteiger partial charge >= 0.3 is 0 Å². The molecule has 0 aliphatic rings. The summed E-state index contributed by atoms with van der Waals surface area (Å²) in [5.41, 5.74) is 1.04. The van der Waals surface area contributed by atoms with Gasteiger partial charge in [-0.05, 0) is 48.7 Å². The van der Waals surface area contributed by atoms with E-state index >= 15 is 0 Å². The fraction of sp³-hybridized carbons (Fsp3) is 0.0667. The van der Waals surface area contributed by atoms with E-state index in [1.165, 1.54) is 30.5 Å². The van der Waals surface area contributed by atoms with E-state index in [1.807, 2.05) is 0 Å². The first-order valence-corrected chi connectivity index (χ1v) is 5.48. The summed E-state index contributed by atoms with van der Waals surface area (Å²) in [4.78, 5) is 23.3. The van der Waals surface area contributed by atoms with Gasteiger partial charge in [-0.2, -0.15) is 0 Å². The Bertz CT molecular complexity index is 684. The smallest absolute Gasteiger partial charge is 0.280 e. The summed E-state index contributed by atoms with van der Waals surface area (Å²) in [5.74, 6) is 2.69. The second kappa shape index (κ2) is 5.32. The molecule has 1 aromatic carbocycles. The lowest BCUT2D eigenvalue weighted by Crippen LogP contribution is -2.11. The van der Waals surface area contributed by atoms with Gasteiger partial charge in [0, 0.05) is 5.56 Å². The molecule has 19 heavy (non-hydrogen) atoms. The maximum absolute atomic E-state index is 12.7. The second-order valence-corrected chi connectivity index (χ2v) is 3.85. The lowest BCUT2D eigenvalue weighted by Gasteiger charge is -1.92. The number of carbonyl (C=O) groups excluding carboxylic acids is 2. The number of hydrogen-bond acceptors (Lipinski definition) is 3. The van der Waals surface area contributed by atoms with Crippen molar-refractivity contribution in [2.24, 2.45) is 0 Å². The summed E-state index contributed by atoms with van der Waals surface area (Å²) in [6, 6.07) is 6.91. The van der Waals surface area contributed by atoms with Crippen LogP contribution in [0.15, 0.2) is 41.0 Å². The first-order valence-electron chi connectivity index (χ1n) is 5.48. The highest BCUT2D eigenvalue weighted by Crippen LogP contribution is 2.09. The van der Waals surface area contributed by atoms with Crippen LogP contribution < -0.4 is 0 Å². The normalized spacial score (nSPS) is 9.58. The van der Waals surface area contributed by atoms with Crippen molar-refractivity contribution in [2.45, 2.75) is 6.92 Å². The minimum absolute atomic E-state index is 0.00148. The molecule has 0 aliphatic heterocycles. The summed E-state index contributed by atoms with van der Waals surface area (Å²) in [6.07, 6.45) is 1.34. The quantitative estimate of drug-likeness (QED) is 0.471. The van der Waals surface area contributed by atoms with Crippen LogP contribution in [0.1, 0.15) is 21.7 Å². The van der Waals surface area contributed by atoms with Crippen LogP contribution in [0.5, 0.6) is 0 Å². The van der Waals surface area contributed by atoms with Gasteiger partial charge in [0.15, 0.2) is 5.76 Å². The van der Waals surface area contributed by atoms with Crippen molar-refractivity contribution < 1.29 is 18.4 Å². The van der Waals surface area contributed by atoms with Crippen molar-refractivity contribution in [1.29, 1.82) is 0 Å². The zero-order valence-electron chi connectivity index (χ0n) is 10.1. The van der Waals surface area contributed by atoms with E-state index in [-0.39, 0.29) is 11.6 Å². The number of ketones is 2. The third kappa shape index (κ3) is 2.96. The molecule has 2 rings (SSSR count). The predicted molar refractivity (Wildman–Crippen MR) is 66.1 cm³/mol. The van der Waals surface area contributed by atoms with Crippen LogP contribution >= 0.6 is 0 Å². The molecule has 0 amide bonds. The number of benzene rings is 1. The molecule has 0 atom stereocenters. The minimum atomic E-state index is -0.859. The van der Waals surface area contributed by atoms with E-state index in [4.69, 9.17) is 4.42 Å². The number of rotatable bonds is 2. The lowest BCUT2D eigenvalue weighted by molar-refractivity contribution is -0.110. The first kappa shape index (κ1) is 12.8. The topological polar surface area (TPSA) is 47.3 Å². The number of halogens is 1. The molecule has 2 aromatic rings. The summed E-state index contributed by atoms with van der Waals surface area (Å²) >= 11 is 0. The average Bonchev–Trinajstić information content (AvgIpc) is 2.83. The third-order valence-corrected chi connectivity index (χ3v) is 2.44. The van der Waals surface area contributed by atoms with Crippen molar-refractivity contribution in [3.05, 3.63) is 59.3 Å². The van der Waals surface area contributed by atoms with E-state index in [0.717, 1.165) is 0 Å². The molecule has 1 heterocycles. The monoisotopic (exact) mass is 256 g/mol. The van der Waals surface area contributed by atoms with Crippen LogP contribution in [0.4, 0.5) is 4.39 Å². The standard InChI is InChI=1S/C15H9FO3/c1-10-8-9-19-15(10)14(18)13(17)7-4-11-2-5-12(16)6-3-11/h2-3,5-6,8-9H,1H3. The lowest BCUT2D eigenvalue weighted by atomic mass is 10.1. The van der Waals surface area contributed by atoms with E-state index in [1.54, 1.807) is 13.0 Å². The van der Waals surface area contributed by atoms with Crippen molar-refractivity contribution in [1.82, 2.24) is 0 Å². The maximum Gasteiger partial charge on any atom is 0.280 e. The number of aryl methyl sites for hydroxylation is 1. The Morgan fingerprint density at radius 3 is 2.42 bits per heavy atom. The van der Waals surface area contributed by atoms with Crippen LogP contribution in [-0.2, 0) is 4.79 Å². The van der Waals surface area contributed by atoms with Crippen LogP contribution in [0.25, 0.3) is 0 Å². The minimum Gasteiger partial charge on any atom is -0.460 e. The number of Topliss-reactive ketones (excluding diaryl/α,β-unsaturated/α-hetero) is 2. The van der Waals surface area contributed by atoms with Crippen molar-refractivity contribution in [3.63, 3.8) is 0 Å². The van der Waals surface area contributed by atoms with E-state index in [9.17, 15) is 14.0 Å².